The predicted molar refractivity (Wildman–Crippen MR) is 95.1 cm³/mol. The molecule has 0 unspecified atom stereocenters. The predicted octanol–water partition coefficient (Wildman–Crippen LogP) is 3.10. The van der Waals surface area contributed by atoms with E-state index >= 15 is 0 Å². The number of nitro groups is 1. The molecule has 0 saturated carbocycles. The molecule has 0 bridgehead atoms. The minimum absolute atomic E-state index is 0.152. The van der Waals surface area contributed by atoms with E-state index in [0.717, 1.165) is 5.56 Å². The first-order valence-corrected chi connectivity index (χ1v) is 7.41. The van der Waals surface area contributed by atoms with Crippen molar-refractivity contribution in [3.8, 4) is 5.75 Å². The fourth-order valence-corrected chi connectivity index (χ4v) is 2.26. The lowest BCUT2D eigenvalue weighted by molar-refractivity contribution is -0.384. The molecule has 2 rings (SSSR count). The van der Waals surface area contributed by atoms with E-state index in [1.165, 1.54) is 30.5 Å². The lowest BCUT2D eigenvalue weighted by Crippen LogP contribution is -2.17. The summed E-state index contributed by atoms with van der Waals surface area (Å²) < 4.78 is 5.39. The van der Waals surface area contributed by atoms with Gasteiger partial charge in [0.05, 0.1) is 18.2 Å². The van der Waals surface area contributed by atoms with Gasteiger partial charge in [-0.3, -0.25) is 14.9 Å². The molecule has 0 aliphatic heterocycles. The van der Waals surface area contributed by atoms with Crippen molar-refractivity contribution in [2.24, 2.45) is 5.10 Å². The van der Waals surface area contributed by atoms with Crippen LogP contribution in [0.1, 0.15) is 21.5 Å². The summed E-state index contributed by atoms with van der Waals surface area (Å²) in [5, 5.41) is 14.7. The Balaban J connectivity index is 2.14. The summed E-state index contributed by atoms with van der Waals surface area (Å²) in [6.45, 7) is 3.71. The molecule has 0 aliphatic rings. The average molecular weight is 339 g/mol. The fourth-order valence-electron chi connectivity index (χ4n) is 2.26. The first kappa shape index (κ1) is 17.9. The van der Waals surface area contributed by atoms with Gasteiger partial charge in [-0.05, 0) is 24.1 Å². The van der Waals surface area contributed by atoms with E-state index in [2.05, 4.69) is 17.1 Å². The number of nitrogens with zero attached hydrogens (tertiary/aromatic N) is 2. The molecule has 0 aliphatic carbocycles. The van der Waals surface area contributed by atoms with E-state index in [4.69, 9.17) is 4.74 Å². The van der Waals surface area contributed by atoms with Gasteiger partial charge in [0.1, 0.15) is 5.75 Å². The van der Waals surface area contributed by atoms with Crippen molar-refractivity contribution in [1.29, 1.82) is 0 Å². The zero-order chi connectivity index (χ0) is 18.2. The number of hydrogen-bond donors (Lipinski definition) is 1. The normalized spacial score (nSPS) is 10.4. The molecule has 1 amide bonds. The monoisotopic (exact) mass is 339 g/mol. The van der Waals surface area contributed by atoms with Gasteiger partial charge in [0.2, 0.25) is 0 Å². The topological polar surface area (TPSA) is 93.8 Å². The van der Waals surface area contributed by atoms with E-state index in [1.807, 2.05) is 12.1 Å². The SMILES string of the molecule is C=CCc1cccc(/C=N/NC(=O)c2cccc([N+](=O)[O-])c2)c1OC. The van der Waals surface area contributed by atoms with Gasteiger partial charge in [0.25, 0.3) is 11.6 Å². The van der Waals surface area contributed by atoms with Crippen LogP contribution < -0.4 is 10.2 Å². The molecule has 7 nitrogen and oxygen atoms in total. The highest BCUT2D eigenvalue weighted by atomic mass is 16.6. The number of methoxy groups -OCH3 is 1. The summed E-state index contributed by atoms with van der Waals surface area (Å²) in [5.41, 5.74) is 3.99. The summed E-state index contributed by atoms with van der Waals surface area (Å²) in [6.07, 6.45) is 3.87. The summed E-state index contributed by atoms with van der Waals surface area (Å²) in [7, 11) is 1.56. The molecule has 1 N–H and O–H groups in total. The molecule has 0 saturated heterocycles. The molecule has 0 atom stereocenters. The van der Waals surface area contributed by atoms with E-state index in [-0.39, 0.29) is 11.3 Å². The minimum atomic E-state index is -0.560. The van der Waals surface area contributed by atoms with E-state index < -0.39 is 10.8 Å². The molecule has 2 aromatic rings. The first-order chi connectivity index (χ1) is 12.1. The fraction of sp³-hybridized carbons (Fsp3) is 0.111. The smallest absolute Gasteiger partial charge is 0.271 e. The van der Waals surface area contributed by atoms with E-state index in [9.17, 15) is 14.9 Å². The highest BCUT2D eigenvalue weighted by molar-refractivity contribution is 5.95. The number of nitro benzene ring substituents is 1. The number of para-hydroxylation sites is 1. The molecule has 25 heavy (non-hydrogen) atoms. The van der Waals surface area contributed by atoms with Gasteiger partial charge < -0.3 is 4.74 Å². The number of hydrazone groups is 1. The largest absolute Gasteiger partial charge is 0.496 e. The Kier molecular flexibility index (Phi) is 6.00. The Morgan fingerprint density at radius 1 is 1.36 bits per heavy atom. The zero-order valence-electron chi connectivity index (χ0n) is 13.6. The summed E-state index contributed by atoms with van der Waals surface area (Å²) in [4.78, 5) is 22.2. The van der Waals surface area contributed by atoms with Crippen LogP contribution in [0.5, 0.6) is 5.75 Å². The number of hydrogen-bond acceptors (Lipinski definition) is 5. The lowest BCUT2D eigenvalue weighted by Gasteiger charge is -2.09. The van der Waals surface area contributed by atoms with Crippen LogP contribution >= 0.6 is 0 Å². The van der Waals surface area contributed by atoms with Gasteiger partial charge in [-0.25, -0.2) is 5.43 Å². The number of carbonyl (C=O) groups is 1. The zero-order valence-corrected chi connectivity index (χ0v) is 13.6. The molecule has 0 spiro atoms. The van der Waals surface area contributed by atoms with Crippen LogP contribution in [0.3, 0.4) is 0 Å². The van der Waals surface area contributed by atoms with Gasteiger partial charge in [0, 0.05) is 23.3 Å². The molecular formula is C18H17N3O4. The maximum Gasteiger partial charge on any atom is 0.271 e. The summed E-state index contributed by atoms with van der Waals surface area (Å²) in [5.74, 6) is 0.108. The quantitative estimate of drug-likeness (QED) is 0.363. The highest BCUT2D eigenvalue weighted by Crippen LogP contribution is 2.23. The van der Waals surface area contributed by atoms with Gasteiger partial charge in [-0.15, -0.1) is 6.58 Å². The van der Waals surface area contributed by atoms with E-state index in [0.29, 0.717) is 17.7 Å². The Morgan fingerprint density at radius 2 is 2.12 bits per heavy atom. The summed E-state index contributed by atoms with van der Waals surface area (Å²) in [6, 6.07) is 11.0. The number of benzene rings is 2. The molecular weight excluding hydrogens is 322 g/mol. The Labute approximate surface area is 144 Å². The number of carbonyl (C=O) groups excluding carboxylic acids is 1. The maximum absolute atomic E-state index is 12.0. The Bertz CT molecular complexity index is 831. The van der Waals surface area contributed by atoms with Crippen molar-refractivity contribution in [1.82, 2.24) is 5.43 Å². The van der Waals surface area contributed by atoms with Crippen LogP contribution in [0.15, 0.2) is 60.2 Å². The van der Waals surface area contributed by atoms with Crippen molar-refractivity contribution >= 4 is 17.8 Å². The van der Waals surface area contributed by atoms with Crippen LogP contribution in [0, 0.1) is 10.1 Å². The standard InChI is InChI=1S/C18H17N3O4/c1-3-6-13-7-4-9-15(17(13)25-2)12-19-20-18(22)14-8-5-10-16(11-14)21(23)24/h3-5,7-12H,1,6H2,2H3,(H,20,22)/b19-12+. The molecule has 0 fully saturated rings. The van der Waals surface area contributed by atoms with Crippen molar-refractivity contribution in [2.75, 3.05) is 7.11 Å². The third-order valence-corrected chi connectivity index (χ3v) is 3.38. The number of nitrogens with one attached hydrogen (secondary N) is 1. The number of allylic oxidation sites excluding steroid dienone is 1. The molecule has 0 aromatic heterocycles. The van der Waals surface area contributed by atoms with Gasteiger partial charge in [-0.2, -0.15) is 5.10 Å². The second kappa shape index (κ2) is 8.39. The van der Waals surface area contributed by atoms with Crippen molar-refractivity contribution < 1.29 is 14.5 Å². The summed E-state index contributed by atoms with van der Waals surface area (Å²) >= 11 is 0. The molecule has 0 heterocycles. The third-order valence-electron chi connectivity index (χ3n) is 3.38. The van der Waals surface area contributed by atoms with Crippen molar-refractivity contribution in [3.05, 3.63) is 81.9 Å². The lowest BCUT2D eigenvalue weighted by atomic mass is 10.1. The molecule has 128 valence electrons. The molecule has 2 aromatic carbocycles. The second-order valence-corrected chi connectivity index (χ2v) is 5.04. The van der Waals surface area contributed by atoms with Crippen molar-refractivity contribution in [3.63, 3.8) is 0 Å². The van der Waals surface area contributed by atoms with Gasteiger partial charge in [-0.1, -0.05) is 24.3 Å². The van der Waals surface area contributed by atoms with Crippen LogP contribution in [0.4, 0.5) is 5.69 Å². The van der Waals surface area contributed by atoms with E-state index in [1.54, 1.807) is 19.3 Å². The molecule has 0 radical (unpaired) electrons. The second-order valence-electron chi connectivity index (χ2n) is 5.04. The number of ether oxygens (including phenoxy) is 1. The van der Waals surface area contributed by atoms with Crippen LogP contribution in [0.25, 0.3) is 0 Å². The van der Waals surface area contributed by atoms with Gasteiger partial charge >= 0.3 is 0 Å². The average Bonchev–Trinajstić information content (AvgIpc) is 2.62. The highest BCUT2D eigenvalue weighted by Gasteiger charge is 2.11. The minimum Gasteiger partial charge on any atom is -0.496 e. The number of non-ortho nitro benzene ring substituents is 1. The number of amides is 1. The van der Waals surface area contributed by atoms with Crippen LogP contribution in [-0.2, 0) is 6.42 Å². The Hall–Kier alpha value is -3.48. The van der Waals surface area contributed by atoms with Crippen LogP contribution in [0.2, 0.25) is 0 Å². The molecule has 7 heteroatoms. The third kappa shape index (κ3) is 4.51. The van der Waals surface area contributed by atoms with Crippen molar-refractivity contribution in [2.45, 2.75) is 6.42 Å². The number of rotatable bonds is 7. The first-order valence-electron chi connectivity index (χ1n) is 7.41. The van der Waals surface area contributed by atoms with Crippen LogP contribution in [-0.4, -0.2) is 24.2 Å². The Morgan fingerprint density at radius 3 is 2.80 bits per heavy atom. The maximum atomic E-state index is 12.0. The van der Waals surface area contributed by atoms with Gasteiger partial charge in [0.15, 0.2) is 0 Å².